The molecular formula is C29H28BrN5S2. The van der Waals surface area contributed by atoms with Crippen molar-refractivity contribution >= 4 is 55.8 Å². The Morgan fingerprint density at radius 2 is 1.70 bits per heavy atom. The number of hydrogen-bond donors (Lipinski definition) is 3. The molecule has 2 aliphatic heterocycles. The Balaban J connectivity index is 1.61. The van der Waals surface area contributed by atoms with Crippen LogP contribution in [0.2, 0.25) is 0 Å². The fraction of sp³-hybridized carbons (Fsp3) is 0.207. The molecule has 0 radical (unpaired) electrons. The van der Waals surface area contributed by atoms with Crippen molar-refractivity contribution in [2.24, 2.45) is 16.8 Å². The van der Waals surface area contributed by atoms with Gasteiger partial charge in [-0.3, -0.25) is 15.8 Å². The number of thiocarbonyl (C=S) groups is 1. The first-order chi connectivity index (χ1) is 18.0. The van der Waals surface area contributed by atoms with E-state index in [-0.39, 0.29) is 12.1 Å². The molecule has 188 valence electrons. The third-order valence-corrected chi connectivity index (χ3v) is 9.06. The molecule has 1 saturated heterocycles. The fourth-order valence-electron chi connectivity index (χ4n) is 4.75. The van der Waals surface area contributed by atoms with Gasteiger partial charge in [0, 0.05) is 34.5 Å². The van der Waals surface area contributed by atoms with Crippen LogP contribution in [0.1, 0.15) is 18.1 Å². The summed E-state index contributed by atoms with van der Waals surface area (Å²) in [6.07, 6.45) is 8.68. The number of aliphatic imine (C=N–C) groups is 1. The summed E-state index contributed by atoms with van der Waals surface area (Å²) in [5.74, 6) is 0.392. The highest BCUT2D eigenvalue weighted by Crippen LogP contribution is 2.47. The van der Waals surface area contributed by atoms with Crippen molar-refractivity contribution in [3.05, 3.63) is 117 Å². The molecule has 2 heterocycles. The minimum Gasteiger partial charge on any atom is -0.322 e. The van der Waals surface area contributed by atoms with E-state index in [1.165, 1.54) is 17.3 Å². The molecule has 8 heteroatoms. The van der Waals surface area contributed by atoms with Gasteiger partial charge in [-0.1, -0.05) is 104 Å². The molecule has 0 amide bonds. The number of nitrogens with one attached hydrogen (secondary N) is 3. The zero-order valence-corrected chi connectivity index (χ0v) is 23.8. The summed E-state index contributed by atoms with van der Waals surface area (Å²) in [4.78, 5) is 7.88. The van der Waals surface area contributed by atoms with Gasteiger partial charge in [-0.2, -0.15) is 0 Å². The van der Waals surface area contributed by atoms with Crippen molar-refractivity contribution < 1.29 is 0 Å². The smallest absolute Gasteiger partial charge is 0.185 e. The third-order valence-electron chi connectivity index (χ3n) is 6.58. The molecule has 3 N–H and O–H groups in total. The molecule has 1 aliphatic carbocycles. The van der Waals surface area contributed by atoms with Gasteiger partial charge >= 0.3 is 0 Å². The molecule has 5 nitrogen and oxygen atoms in total. The van der Waals surface area contributed by atoms with Crippen LogP contribution in [0.25, 0.3) is 0 Å². The van der Waals surface area contributed by atoms with Gasteiger partial charge in [0.05, 0.1) is 5.71 Å². The Morgan fingerprint density at radius 3 is 2.35 bits per heavy atom. The lowest BCUT2D eigenvalue weighted by molar-refractivity contribution is 0.352. The normalized spacial score (nSPS) is 25.2. The van der Waals surface area contributed by atoms with Gasteiger partial charge in [0.15, 0.2) is 5.11 Å². The number of halogens is 1. The fourth-order valence-corrected chi connectivity index (χ4v) is 7.00. The minimum absolute atomic E-state index is 0.00844. The molecule has 5 rings (SSSR count). The number of hydrogen-bond acceptors (Lipinski definition) is 5. The van der Waals surface area contributed by atoms with Gasteiger partial charge in [0.1, 0.15) is 11.2 Å². The Bertz CT molecular complexity index is 1350. The molecule has 0 bridgehead atoms. The summed E-state index contributed by atoms with van der Waals surface area (Å²) in [5.41, 5.74) is 11.5. The van der Waals surface area contributed by atoms with E-state index >= 15 is 0 Å². The standard InChI is InChI=1S/C29H28BrN5S2/c1-18-13-15-20(16-14-18)22(25(32-2)21-11-7-4-8-12-21)23-24(30)26(37-27(23)31)28-33-34-29(36)35(28)17-19-9-5-3-6-10-19/h3-16,18,20,28,31,33H,17H2,1-2H3,(H,34,36)/b23-22-,31-27?,32-25-. The first-order valence-electron chi connectivity index (χ1n) is 12.1. The number of allylic oxidation sites excluding steroid dienone is 6. The van der Waals surface area contributed by atoms with E-state index in [4.69, 9.17) is 22.6 Å². The first-order valence-corrected chi connectivity index (χ1v) is 14.2. The van der Waals surface area contributed by atoms with Gasteiger partial charge < -0.3 is 4.90 Å². The summed E-state index contributed by atoms with van der Waals surface area (Å²) in [5, 5.41) is 10.3. The van der Waals surface area contributed by atoms with Crippen molar-refractivity contribution in [1.82, 2.24) is 15.8 Å². The quantitative estimate of drug-likeness (QED) is 0.209. The molecule has 37 heavy (non-hydrogen) atoms. The van der Waals surface area contributed by atoms with Crippen molar-refractivity contribution in [2.75, 3.05) is 7.05 Å². The monoisotopic (exact) mass is 589 g/mol. The molecule has 0 spiro atoms. The van der Waals surface area contributed by atoms with Crippen LogP contribution in [0.5, 0.6) is 0 Å². The molecular weight excluding hydrogens is 562 g/mol. The maximum Gasteiger partial charge on any atom is 0.185 e. The van der Waals surface area contributed by atoms with Crippen molar-refractivity contribution in [3.8, 4) is 0 Å². The van der Waals surface area contributed by atoms with E-state index in [2.05, 4.69) is 87.2 Å². The van der Waals surface area contributed by atoms with E-state index < -0.39 is 0 Å². The van der Waals surface area contributed by atoms with Gasteiger partial charge in [0.2, 0.25) is 0 Å². The number of thioether (sulfide) groups is 1. The van der Waals surface area contributed by atoms with Crippen molar-refractivity contribution in [3.63, 3.8) is 0 Å². The highest BCUT2D eigenvalue weighted by molar-refractivity contribution is 9.12. The predicted octanol–water partition coefficient (Wildman–Crippen LogP) is 6.33. The lowest BCUT2D eigenvalue weighted by Gasteiger charge is -2.25. The Hall–Kier alpha value is -2.78. The predicted molar refractivity (Wildman–Crippen MR) is 163 cm³/mol. The van der Waals surface area contributed by atoms with Crippen LogP contribution in [0, 0.1) is 17.2 Å². The Morgan fingerprint density at radius 1 is 1.05 bits per heavy atom. The molecule has 1 fully saturated rings. The number of nitrogens with zero attached hydrogens (tertiary/aromatic N) is 2. The first kappa shape index (κ1) is 25.9. The summed E-state index contributed by atoms with van der Waals surface area (Å²) in [6, 6.07) is 20.5. The second-order valence-corrected chi connectivity index (χ2v) is 11.3. The number of hydrazine groups is 1. The van der Waals surface area contributed by atoms with Crippen LogP contribution in [0.4, 0.5) is 0 Å². The molecule has 0 saturated carbocycles. The minimum atomic E-state index is -0.206. The summed E-state index contributed by atoms with van der Waals surface area (Å²) in [6.45, 7) is 2.83. The molecule has 0 aromatic heterocycles. The maximum absolute atomic E-state index is 9.12. The maximum atomic E-state index is 9.12. The van der Waals surface area contributed by atoms with Gasteiger partial charge in [-0.25, -0.2) is 5.43 Å². The zero-order valence-electron chi connectivity index (χ0n) is 20.6. The highest BCUT2D eigenvalue weighted by Gasteiger charge is 2.39. The SMILES string of the molecule is C/N=C(\C(=C1/C(=N)SC(C2NNC(=S)N2Cc2ccccc2)=C1Br)C1C=CC(C)C=C1)c1ccccc1. The lowest BCUT2D eigenvalue weighted by atomic mass is 9.83. The number of benzene rings is 2. The summed E-state index contributed by atoms with van der Waals surface area (Å²) < 4.78 is 0.900. The van der Waals surface area contributed by atoms with E-state index in [1.807, 2.05) is 43.4 Å². The Kier molecular flexibility index (Phi) is 7.90. The Labute approximate surface area is 236 Å². The van der Waals surface area contributed by atoms with Crippen LogP contribution >= 0.6 is 39.9 Å². The van der Waals surface area contributed by atoms with Crippen molar-refractivity contribution in [1.29, 1.82) is 5.41 Å². The van der Waals surface area contributed by atoms with E-state index in [0.29, 0.717) is 22.6 Å². The van der Waals surface area contributed by atoms with Crippen LogP contribution in [0.15, 0.2) is 110 Å². The van der Waals surface area contributed by atoms with Crippen molar-refractivity contribution in [2.45, 2.75) is 19.6 Å². The average molecular weight is 591 g/mol. The van der Waals surface area contributed by atoms with Crippen LogP contribution < -0.4 is 10.9 Å². The van der Waals surface area contributed by atoms with Crippen LogP contribution in [0.3, 0.4) is 0 Å². The largest absolute Gasteiger partial charge is 0.322 e. The molecule has 3 aliphatic rings. The van der Waals surface area contributed by atoms with Crippen LogP contribution in [-0.4, -0.2) is 34.0 Å². The molecule has 1 unspecified atom stereocenters. The van der Waals surface area contributed by atoms with E-state index in [1.54, 1.807) is 0 Å². The molecule has 1 atom stereocenters. The average Bonchev–Trinajstić information content (AvgIpc) is 3.42. The highest BCUT2D eigenvalue weighted by atomic mass is 79.9. The lowest BCUT2D eigenvalue weighted by Crippen LogP contribution is -2.37. The second-order valence-electron chi connectivity index (χ2n) is 9.08. The van der Waals surface area contributed by atoms with Crippen LogP contribution in [-0.2, 0) is 6.54 Å². The summed E-state index contributed by atoms with van der Waals surface area (Å²) in [7, 11) is 1.83. The zero-order chi connectivity index (χ0) is 25.9. The second kappa shape index (κ2) is 11.3. The number of rotatable bonds is 6. The topological polar surface area (TPSA) is 63.5 Å². The summed E-state index contributed by atoms with van der Waals surface area (Å²) >= 11 is 11.0. The van der Waals surface area contributed by atoms with Gasteiger partial charge in [0.25, 0.3) is 0 Å². The molecule has 2 aromatic rings. The van der Waals surface area contributed by atoms with Gasteiger partial charge in [-0.05, 0) is 50.8 Å². The van der Waals surface area contributed by atoms with E-state index in [0.717, 1.165) is 31.8 Å². The third kappa shape index (κ3) is 5.29. The van der Waals surface area contributed by atoms with Gasteiger partial charge in [-0.15, -0.1) is 0 Å². The van der Waals surface area contributed by atoms with E-state index in [9.17, 15) is 0 Å². The molecule has 2 aromatic carbocycles.